The van der Waals surface area contributed by atoms with E-state index in [-0.39, 0.29) is 11.2 Å². The predicted octanol–water partition coefficient (Wildman–Crippen LogP) is 1.91. The molecule has 0 bridgehead atoms. The van der Waals surface area contributed by atoms with Crippen LogP contribution in [0, 0.1) is 13.8 Å². The Balaban J connectivity index is 1.19. The van der Waals surface area contributed by atoms with Crippen LogP contribution in [-0.2, 0) is 20.6 Å². The van der Waals surface area contributed by atoms with Crippen molar-refractivity contribution in [2.24, 2.45) is 14.1 Å². The molecule has 180 valence electrons. The van der Waals surface area contributed by atoms with Crippen LogP contribution in [0.25, 0.3) is 16.9 Å². The molecule has 1 aliphatic rings. The molecule has 0 saturated carbocycles. The zero-order valence-corrected chi connectivity index (χ0v) is 20.5. The minimum atomic E-state index is -0.359. The molecule has 0 N–H and O–H groups in total. The van der Waals surface area contributed by atoms with Crippen LogP contribution in [0.5, 0.6) is 0 Å². The van der Waals surface area contributed by atoms with E-state index in [1.165, 1.54) is 28.4 Å². The highest BCUT2D eigenvalue weighted by molar-refractivity contribution is 5.75. The van der Waals surface area contributed by atoms with Crippen LogP contribution in [-0.4, -0.2) is 60.7 Å². The Hall–Kier alpha value is -3.33. The van der Waals surface area contributed by atoms with Crippen LogP contribution < -0.4 is 16.1 Å². The molecule has 0 spiro atoms. The van der Waals surface area contributed by atoms with Gasteiger partial charge in [-0.2, -0.15) is 4.98 Å². The lowest BCUT2D eigenvalue weighted by molar-refractivity contribution is 0.251. The van der Waals surface area contributed by atoms with Gasteiger partial charge in [0, 0.05) is 64.9 Å². The van der Waals surface area contributed by atoms with E-state index in [1.807, 2.05) is 12.4 Å². The first-order valence-electron chi connectivity index (χ1n) is 12.0. The van der Waals surface area contributed by atoms with Gasteiger partial charge in [0.1, 0.15) is 0 Å². The third-order valence-corrected chi connectivity index (χ3v) is 7.34. The number of aromatic nitrogens is 5. The van der Waals surface area contributed by atoms with E-state index in [0.29, 0.717) is 16.9 Å². The summed E-state index contributed by atoms with van der Waals surface area (Å²) < 4.78 is 6.44. The van der Waals surface area contributed by atoms with Gasteiger partial charge in [0.2, 0.25) is 5.78 Å². The maximum absolute atomic E-state index is 12.6. The first kappa shape index (κ1) is 22.5. The number of anilines is 1. The fourth-order valence-corrected chi connectivity index (χ4v) is 5.04. The second kappa shape index (κ2) is 8.79. The Morgan fingerprint density at radius 2 is 1.65 bits per heavy atom. The van der Waals surface area contributed by atoms with Gasteiger partial charge in [-0.15, -0.1) is 0 Å². The Labute approximate surface area is 198 Å². The first-order chi connectivity index (χ1) is 16.4. The van der Waals surface area contributed by atoms with Gasteiger partial charge < -0.3 is 9.47 Å². The number of aryl methyl sites for hydroxylation is 3. The van der Waals surface area contributed by atoms with Gasteiger partial charge in [0.25, 0.3) is 5.56 Å². The summed E-state index contributed by atoms with van der Waals surface area (Å²) in [5.41, 5.74) is 4.31. The van der Waals surface area contributed by atoms with E-state index in [9.17, 15) is 9.59 Å². The third kappa shape index (κ3) is 3.73. The van der Waals surface area contributed by atoms with E-state index in [4.69, 9.17) is 0 Å². The molecule has 9 heteroatoms. The van der Waals surface area contributed by atoms with Crippen molar-refractivity contribution in [1.82, 2.24) is 28.0 Å². The number of fused-ring (bicyclic) bond motifs is 3. The van der Waals surface area contributed by atoms with Crippen molar-refractivity contribution >= 4 is 22.6 Å². The van der Waals surface area contributed by atoms with Crippen molar-refractivity contribution in [2.45, 2.75) is 33.2 Å². The fourth-order valence-electron chi connectivity index (χ4n) is 5.04. The van der Waals surface area contributed by atoms with Crippen molar-refractivity contribution < 1.29 is 0 Å². The van der Waals surface area contributed by atoms with Gasteiger partial charge in [-0.1, -0.05) is 12.1 Å². The number of nitrogens with zero attached hydrogens (tertiary/aromatic N) is 7. The average Bonchev–Trinajstić information content (AvgIpc) is 3.41. The lowest BCUT2D eigenvalue weighted by Crippen LogP contribution is -2.46. The van der Waals surface area contributed by atoms with Crippen LogP contribution in [0.15, 0.2) is 40.2 Å². The van der Waals surface area contributed by atoms with E-state index >= 15 is 0 Å². The number of imidazole rings is 2. The van der Waals surface area contributed by atoms with Crippen molar-refractivity contribution in [3.63, 3.8) is 0 Å². The number of hydrogen-bond donors (Lipinski definition) is 0. The summed E-state index contributed by atoms with van der Waals surface area (Å²) in [6.07, 6.45) is 5.97. The maximum Gasteiger partial charge on any atom is 0.332 e. The van der Waals surface area contributed by atoms with Crippen LogP contribution >= 0.6 is 0 Å². The molecule has 0 unspecified atom stereocenters. The van der Waals surface area contributed by atoms with Gasteiger partial charge in [-0.3, -0.25) is 23.2 Å². The third-order valence-electron chi connectivity index (χ3n) is 7.34. The molecule has 34 heavy (non-hydrogen) atoms. The molecule has 1 aromatic carbocycles. The molecule has 4 heterocycles. The molecule has 3 aromatic heterocycles. The molecule has 9 nitrogen and oxygen atoms in total. The second-order valence-corrected chi connectivity index (χ2v) is 9.41. The largest absolute Gasteiger partial charge is 0.369 e. The highest BCUT2D eigenvalue weighted by Crippen LogP contribution is 2.24. The number of unbranched alkanes of at least 4 members (excludes halogenated alkanes) is 1. The molecule has 5 rings (SSSR count). The van der Waals surface area contributed by atoms with Gasteiger partial charge >= 0.3 is 5.69 Å². The molecule has 1 aliphatic heterocycles. The molecular formula is C25H33N7O2. The highest BCUT2D eigenvalue weighted by Gasteiger charge is 2.19. The van der Waals surface area contributed by atoms with Gasteiger partial charge in [-0.25, -0.2) is 4.79 Å². The Kier molecular flexibility index (Phi) is 5.81. The minimum absolute atomic E-state index is 0.316. The SMILES string of the molecule is Cc1cccc(N2CCN(CCCCn3ccn4c5c(=O)n(C)c(=O)n(C)c5nc34)CC2)c1C. The van der Waals surface area contributed by atoms with Crippen molar-refractivity contribution in [3.8, 4) is 0 Å². The first-order valence-corrected chi connectivity index (χ1v) is 12.0. The molecule has 0 aliphatic carbocycles. The maximum atomic E-state index is 12.6. The van der Waals surface area contributed by atoms with Crippen LogP contribution in [0.2, 0.25) is 0 Å². The van der Waals surface area contributed by atoms with E-state index < -0.39 is 0 Å². The Morgan fingerprint density at radius 3 is 2.41 bits per heavy atom. The summed E-state index contributed by atoms with van der Waals surface area (Å²) in [5.74, 6) is 0.704. The molecule has 0 atom stereocenters. The van der Waals surface area contributed by atoms with Crippen LogP contribution in [0.4, 0.5) is 5.69 Å². The molecule has 1 saturated heterocycles. The lowest BCUT2D eigenvalue weighted by Gasteiger charge is -2.37. The number of rotatable bonds is 6. The Morgan fingerprint density at radius 1 is 0.912 bits per heavy atom. The zero-order chi connectivity index (χ0) is 24.0. The average molecular weight is 464 g/mol. The highest BCUT2D eigenvalue weighted by atomic mass is 16.2. The van der Waals surface area contributed by atoms with Gasteiger partial charge in [0.05, 0.1) is 0 Å². The molecule has 0 amide bonds. The van der Waals surface area contributed by atoms with E-state index in [1.54, 1.807) is 11.4 Å². The van der Waals surface area contributed by atoms with Gasteiger partial charge in [-0.05, 0) is 50.4 Å². The second-order valence-electron chi connectivity index (χ2n) is 9.41. The number of hydrogen-bond acceptors (Lipinski definition) is 5. The summed E-state index contributed by atoms with van der Waals surface area (Å²) in [6.45, 7) is 10.6. The van der Waals surface area contributed by atoms with Gasteiger partial charge in [0.15, 0.2) is 11.2 Å². The van der Waals surface area contributed by atoms with Crippen molar-refractivity contribution in [3.05, 3.63) is 62.6 Å². The molecule has 4 aromatic rings. The van der Waals surface area contributed by atoms with E-state index in [0.717, 1.165) is 56.7 Å². The smallest absolute Gasteiger partial charge is 0.332 e. The van der Waals surface area contributed by atoms with Crippen molar-refractivity contribution in [2.75, 3.05) is 37.6 Å². The van der Waals surface area contributed by atoms with Crippen LogP contribution in [0.3, 0.4) is 0 Å². The minimum Gasteiger partial charge on any atom is -0.369 e. The summed E-state index contributed by atoms with van der Waals surface area (Å²) in [5, 5.41) is 0. The standard InChI is InChI=1S/C25H33N7O2/c1-18-8-7-9-20(19(18)2)30-14-12-29(13-15-30)10-5-6-11-31-16-17-32-21-22(26-24(31)32)27(3)25(34)28(4)23(21)33/h7-9,16-17H,5-6,10-15H2,1-4H3. The fraction of sp³-hybridized carbons (Fsp3) is 0.480. The predicted molar refractivity (Wildman–Crippen MR) is 135 cm³/mol. The summed E-state index contributed by atoms with van der Waals surface area (Å²) in [7, 11) is 3.16. The number of benzene rings is 1. The molecule has 0 radical (unpaired) electrons. The van der Waals surface area contributed by atoms with E-state index in [2.05, 4.69) is 51.4 Å². The molecule has 1 fully saturated rings. The lowest BCUT2D eigenvalue weighted by atomic mass is 10.1. The normalized spacial score (nSPS) is 15.1. The number of piperazine rings is 1. The quantitative estimate of drug-likeness (QED) is 0.409. The monoisotopic (exact) mass is 463 g/mol. The Bertz CT molecular complexity index is 1460. The summed E-state index contributed by atoms with van der Waals surface area (Å²) in [6, 6.07) is 6.57. The summed E-state index contributed by atoms with van der Waals surface area (Å²) >= 11 is 0. The van der Waals surface area contributed by atoms with Crippen molar-refractivity contribution in [1.29, 1.82) is 0 Å². The topological polar surface area (TPSA) is 72.7 Å². The van der Waals surface area contributed by atoms with Crippen LogP contribution in [0.1, 0.15) is 24.0 Å². The zero-order valence-electron chi connectivity index (χ0n) is 20.5. The molecular weight excluding hydrogens is 430 g/mol. The summed E-state index contributed by atoms with van der Waals surface area (Å²) in [4.78, 5) is 34.6.